The first-order chi connectivity index (χ1) is 9.61. The Balaban J connectivity index is 2.25. The number of hydrogen-bond donors (Lipinski definition) is 2. The van der Waals surface area contributed by atoms with Crippen LogP contribution in [-0.4, -0.2) is 46.1 Å². The van der Waals surface area contributed by atoms with Gasteiger partial charge in [0.25, 0.3) is 0 Å². The molecule has 20 heavy (non-hydrogen) atoms. The van der Waals surface area contributed by atoms with E-state index in [-0.39, 0.29) is 12.3 Å². The third kappa shape index (κ3) is 3.23. The fourth-order valence-corrected chi connectivity index (χ4v) is 2.29. The Labute approximate surface area is 117 Å². The predicted octanol–water partition coefficient (Wildman–Crippen LogP) is 0.209. The molecule has 0 saturated carbocycles. The highest BCUT2D eigenvalue weighted by Crippen LogP contribution is 2.19. The second-order valence-corrected chi connectivity index (χ2v) is 4.72. The summed E-state index contributed by atoms with van der Waals surface area (Å²) >= 11 is 0. The summed E-state index contributed by atoms with van der Waals surface area (Å²) in [5, 5.41) is 11.6. The van der Waals surface area contributed by atoms with Crippen LogP contribution in [0.15, 0.2) is 12.4 Å². The maximum Gasteiger partial charge on any atom is 0.305 e. The summed E-state index contributed by atoms with van der Waals surface area (Å²) in [6.45, 7) is 3.09. The number of carbonyl (C=O) groups is 2. The fraction of sp³-hybridized carbons (Fsp3) is 0.538. The summed E-state index contributed by atoms with van der Waals surface area (Å²) in [5.41, 5.74) is 0.901. The molecule has 2 rings (SSSR count). The Morgan fingerprint density at radius 3 is 3.05 bits per heavy atom. The summed E-state index contributed by atoms with van der Waals surface area (Å²) in [7, 11) is 0. The lowest BCUT2D eigenvalue weighted by Crippen LogP contribution is -2.56. The van der Waals surface area contributed by atoms with Gasteiger partial charge >= 0.3 is 5.97 Å². The molecule has 1 aliphatic heterocycles. The van der Waals surface area contributed by atoms with Crippen LogP contribution in [0.25, 0.3) is 0 Å². The number of aromatic nitrogens is 2. The largest absolute Gasteiger partial charge is 0.481 e. The van der Waals surface area contributed by atoms with Crippen molar-refractivity contribution in [2.75, 3.05) is 18.0 Å². The lowest BCUT2D eigenvalue weighted by atomic mass is 10.1. The highest BCUT2D eigenvalue weighted by atomic mass is 16.4. The molecule has 1 aliphatic rings. The van der Waals surface area contributed by atoms with Crippen molar-refractivity contribution in [2.45, 2.75) is 32.2 Å². The molecule has 2 N–H and O–H groups in total. The summed E-state index contributed by atoms with van der Waals surface area (Å²) in [5.74, 6) is -0.654. The average molecular weight is 278 g/mol. The van der Waals surface area contributed by atoms with Gasteiger partial charge in [0.2, 0.25) is 5.91 Å². The van der Waals surface area contributed by atoms with Gasteiger partial charge in [-0.1, -0.05) is 13.3 Å². The molecule has 0 spiro atoms. The van der Waals surface area contributed by atoms with Crippen molar-refractivity contribution < 1.29 is 14.7 Å². The van der Waals surface area contributed by atoms with Crippen molar-refractivity contribution >= 4 is 17.7 Å². The molecule has 7 nitrogen and oxygen atoms in total. The van der Waals surface area contributed by atoms with Crippen molar-refractivity contribution in [3.63, 3.8) is 0 Å². The Morgan fingerprint density at radius 2 is 2.35 bits per heavy atom. The first-order valence-electron chi connectivity index (χ1n) is 6.69. The summed E-state index contributed by atoms with van der Waals surface area (Å²) in [4.78, 5) is 32.9. The normalized spacial score (nSPS) is 18.8. The maximum atomic E-state index is 11.9. The Kier molecular flexibility index (Phi) is 4.49. The summed E-state index contributed by atoms with van der Waals surface area (Å²) < 4.78 is 0. The van der Waals surface area contributed by atoms with Gasteiger partial charge < -0.3 is 15.3 Å². The average Bonchev–Trinajstić information content (AvgIpc) is 2.41. The Morgan fingerprint density at radius 1 is 1.55 bits per heavy atom. The van der Waals surface area contributed by atoms with E-state index in [0.29, 0.717) is 18.9 Å². The Bertz CT molecular complexity index is 506. The molecule has 7 heteroatoms. The van der Waals surface area contributed by atoms with Crippen LogP contribution in [0, 0.1) is 0 Å². The number of rotatable bonds is 5. The number of piperazine rings is 1. The van der Waals surface area contributed by atoms with Gasteiger partial charge in [-0.3, -0.25) is 9.59 Å². The lowest BCUT2D eigenvalue weighted by molar-refractivity contribution is -0.139. The molecular formula is C13H18N4O3. The molecule has 2 heterocycles. The molecule has 1 aromatic rings. The van der Waals surface area contributed by atoms with Crippen LogP contribution >= 0.6 is 0 Å². The second kappa shape index (κ2) is 6.31. The van der Waals surface area contributed by atoms with Crippen LogP contribution in [0.2, 0.25) is 0 Å². The van der Waals surface area contributed by atoms with Crippen LogP contribution < -0.4 is 10.2 Å². The molecule has 1 unspecified atom stereocenters. The van der Waals surface area contributed by atoms with Gasteiger partial charge in [0.15, 0.2) is 0 Å². The van der Waals surface area contributed by atoms with E-state index in [0.717, 1.165) is 18.5 Å². The number of carbonyl (C=O) groups excluding carboxylic acids is 1. The lowest BCUT2D eigenvalue weighted by Gasteiger charge is -2.35. The minimum absolute atomic E-state index is 0.237. The van der Waals surface area contributed by atoms with E-state index in [1.165, 1.54) is 6.33 Å². The number of nitrogens with zero attached hydrogens (tertiary/aromatic N) is 3. The van der Waals surface area contributed by atoms with Crippen molar-refractivity contribution in [1.29, 1.82) is 0 Å². The van der Waals surface area contributed by atoms with Gasteiger partial charge in [0, 0.05) is 24.8 Å². The molecular weight excluding hydrogens is 260 g/mol. The van der Waals surface area contributed by atoms with Crippen molar-refractivity contribution in [3.8, 4) is 0 Å². The van der Waals surface area contributed by atoms with E-state index in [9.17, 15) is 9.59 Å². The molecule has 1 aromatic heterocycles. The second-order valence-electron chi connectivity index (χ2n) is 4.72. The van der Waals surface area contributed by atoms with E-state index in [4.69, 9.17) is 5.11 Å². The maximum absolute atomic E-state index is 11.9. The number of hydrogen-bond acceptors (Lipinski definition) is 5. The van der Waals surface area contributed by atoms with Gasteiger partial charge in [0.1, 0.15) is 18.2 Å². The summed E-state index contributed by atoms with van der Waals surface area (Å²) in [6, 6.07) is 1.11. The zero-order valence-corrected chi connectivity index (χ0v) is 11.4. The first-order valence-corrected chi connectivity index (χ1v) is 6.69. The minimum atomic E-state index is -1.00. The summed E-state index contributed by atoms with van der Waals surface area (Å²) in [6.07, 6.45) is 3.03. The van der Waals surface area contributed by atoms with E-state index in [1.54, 1.807) is 4.90 Å². The zero-order valence-electron chi connectivity index (χ0n) is 11.4. The molecule has 0 aliphatic carbocycles. The minimum Gasteiger partial charge on any atom is -0.481 e. The molecule has 1 amide bonds. The third-order valence-corrected chi connectivity index (χ3v) is 3.21. The van der Waals surface area contributed by atoms with E-state index >= 15 is 0 Å². The third-order valence-electron chi connectivity index (χ3n) is 3.21. The number of carboxylic acids is 1. The van der Waals surface area contributed by atoms with Crippen LogP contribution in [0.5, 0.6) is 0 Å². The molecule has 108 valence electrons. The molecule has 0 aromatic carbocycles. The number of anilines is 1. The fourth-order valence-electron chi connectivity index (χ4n) is 2.29. The van der Waals surface area contributed by atoms with Crippen LogP contribution in [-0.2, 0) is 16.0 Å². The smallest absolute Gasteiger partial charge is 0.305 e. The monoisotopic (exact) mass is 278 g/mol. The number of aryl methyl sites for hydroxylation is 1. The van der Waals surface area contributed by atoms with E-state index < -0.39 is 12.0 Å². The number of nitrogens with one attached hydrogen (secondary N) is 1. The van der Waals surface area contributed by atoms with Gasteiger partial charge in [-0.15, -0.1) is 0 Å². The highest BCUT2D eigenvalue weighted by Gasteiger charge is 2.32. The molecule has 1 fully saturated rings. The van der Waals surface area contributed by atoms with Crippen LogP contribution in [0.4, 0.5) is 5.82 Å². The zero-order chi connectivity index (χ0) is 14.5. The highest BCUT2D eigenvalue weighted by molar-refractivity contribution is 5.90. The predicted molar refractivity (Wildman–Crippen MR) is 72.4 cm³/mol. The quantitative estimate of drug-likeness (QED) is 0.799. The SMILES string of the molecule is CCCc1cc(N2CCNC(=O)C2CC(=O)O)ncn1. The number of aliphatic carboxylic acids is 1. The standard InChI is InChI=1S/C13H18N4O3/c1-2-3-9-6-11(16-8-15-9)17-5-4-14-13(20)10(17)7-12(18)19/h6,8,10H,2-5,7H2,1H3,(H,14,20)(H,18,19). The molecule has 0 bridgehead atoms. The van der Waals surface area contributed by atoms with Gasteiger partial charge in [0.05, 0.1) is 6.42 Å². The molecule has 0 radical (unpaired) electrons. The van der Waals surface area contributed by atoms with Crippen molar-refractivity contribution in [1.82, 2.24) is 15.3 Å². The number of amides is 1. The van der Waals surface area contributed by atoms with Gasteiger partial charge in [-0.2, -0.15) is 0 Å². The van der Waals surface area contributed by atoms with Crippen LogP contribution in [0.1, 0.15) is 25.5 Å². The van der Waals surface area contributed by atoms with Crippen molar-refractivity contribution in [3.05, 3.63) is 18.1 Å². The number of carboxylic acid groups (broad SMARTS) is 1. The molecule has 1 atom stereocenters. The van der Waals surface area contributed by atoms with Crippen LogP contribution in [0.3, 0.4) is 0 Å². The van der Waals surface area contributed by atoms with E-state index in [1.807, 2.05) is 6.07 Å². The topological polar surface area (TPSA) is 95.4 Å². The molecule has 1 saturated heterocycles. The van der Waals surface area contributed by atoms with Crippen molar-refractivity contribution in [2.24, 2.45) is 0 Å². The Hall–Kier alpha value is -2.18. The van der Waals surface area contributed by atoms with Gasteiger partial charge in [-0.25, -0.2) is 9.97 Å². The van der Waals surface area contributed by atoms with Gasteiger partial charge in [-0.05, 0) is 6.42 Å². The van der Waals surface area contributed by atoms with E-state index in [2.05, 4.69) is 22.2 Å². The first kappa shape index (κ1) is 14.2.